The Balaban J connectivity index is 2.86. The van der Waals surface area contributed by atoms with Gasteiger partial charge in [0.15, 0.2) is 5.88 Å². The lowest BCUT2D eigenvalue weighted by molar-refractivity contribution is -0.138. The van der Waals surface area contributed by atoms with Crippen molar-refractivity contribution in [3.05, 3.63) is 12.0 Å². The highest BCUT2D eigenvalue weighted by atomic mass is 32.2. The van der Waals surface area contributed by atoms with Crippen LogP contribution >= 0.6 is 11.8 Å². The molecule has 6 heteroatoms. The zero-order valence-electron chi connectivity index (χ0n) is 10.3. The first-order chi connectivity index (χ1) is 7.86. The number of hydrogen-bond donors (Lipinski definition) is 2. The second-order valence-corrected chi connectivity index (χ2v) is 5.29. The summed E-state index contributed by atoms with van der Waals surface area (Å²) in [4.78, 5) is 15.3. The molecule has 0 fully saturated rings. The average molecular weight is 258 g/mol. The fourth-order valence-electron chi connectivity index (χ4n) is 1.52. The summed E-state index contributed by atoms with van der Waals surface area (Å²) in [6.07, 6.45) is 4.03. The maximum absolute atomic E-state index is 11.1. The Kier molecular flexibility index (Phi) is 4.45. The van der Waals surface area contributed by atoms with E-state index in [1.807, 2.05) is 20.1 Å². The molecule has 1 rings (SSSR count). The Morgan fingerprint density at radius 2 is 2.35 bits per heavy atom. The normalized spacial score (nSPS) is 22.1. The molecule has 5 nitrogen and oxygen atoms in total. The Morgan fingerprint density at radius 3 is 2.76 bits per heavy atom. The first-order valence-corrected chi connectivity index (χ1v) is 6.72. The summed E-state index contributed by atoms with van der Waals surface area (Å²) in [6, 6.07) is -0.734. The molecule has 0 aliphatic carbocycles. The van der Waals surface area contributed by atoms with Crippen molar-refractivity contribution < 1.29 is 14.6 Å². The van der Waals surface area contributed by atoms with Crippen molar-refractivity contribution >= 4 is 23.4 Å². The number of hydrogen-bond acceptors (Lipinski definition) is 5. The maximum Gasteiger partial charge on any atom is 0.328 e. The van der Waals surface area contributed by atoms with Gasteiger partial charge in [-0.2, -0.15) is 11.8 Å². The second kappa shape index (κ2) is 5.44. The van der Waals surface area contributed by atoms with E-state index in [1.165, 1.54) is 0 Å². The van der Waals surface area contributed by atoms with Crippen LogP contribution in [0.1, 0.15) is 20.3 Å². The van der Waals surface area contributed by atoms with Gasteiger partial charge < -0.3 is 15.6 Å². The highest BCUT2D eigenvalue weighted by Crippen LogP contribution is 2.23. The van der Waals surface area contributed by atoms with Crippen LogP contribution in [0.3, 0.4) is 0 Å². The molecule has 1 aliphatic rings. The Bertz CT molecular complexity index is 364. The first kappa shape index (κ1) is 13.9. The molecule has 0 radical (unpaired) electrons. The second-order valence-electron chi connectivity index (χ2n) is 4.31. The van der Waals surface area contributed by atoms with E-state index in [1.54, 1.807) is 17.8 Å². The summed E-state index contributed by atoms with van der Waals surface area (Å²) < 4.78 is 5.36. The van der Waals surface area contributed by atoms with E-state index in [4.69, 9.17) is 15.6 Å². The van der Waals surface area contributed by atoms with Gasteiger partial charge in [-0.1, -0.05) is 0 Å². The predicted octanol–water partition coefficient (Wildman–Crippen LogP) is 1.24. The number of nitrogens with two attached hydrogens (primary N) is 1. The molecular weight excluding hydrogens is 240 g/mol. The van der Waals surface area contributed by atoms with Gasteiger partial charge >= 0.3 is 5.97 Å². The topological polar surface area (TPSA) is 84.9 Å². The smallest absolute Gasteiger partial charge is 0.328 e. The summed E-state index contributed by atoms with van der Waals surface area (Å²) in [5.41, 5.74) is 5.50. The minimum Gasteiger partial charge on any atom is -0.480 e. The van der Waals surface area contributed by atoms with E-state index in [0.29, 0.717) is 12.1 Å². The fraction of sp³-hybridized carbons (Fsp3) is 0.636. The van der Waals surface area contributed by atoms with E-state index in [2.05, 4.69) is 4.99 Å². The molecule has 17 heavy (non-hydrogen) atoms. The molecule has 0 bridgehead atoms. The van der Waals surface area contributed by atoms with Crippen LogP contribution in [0.5, 0.6) is 0 Å². The molecule has 0 saturated heterocycles. The highest BCUT2D eigenvalue weighted by molar-refractivity contribution is 7.98. The molecule has 1 aliphatic heterocycles. The van der Waals surface area contributed by atoms with Crippen molar-refractivity contribution in [2.24, 2.45) is 10.7 Å². The highest BCUT2D eigenvalue weighted by Gasteiger charge is 2.33. The Hall–Kier alpha value is -1.17. The van der Waals surface area contributed by atoms with Gasteiger partial charge in [0.25, 0.3) is 0 Å². The van der Waals surface area contributed by atoms with Crippen LogP contribution < -0.4 is 5.73 Å². The summed E-state index contributed by atoms with van der Waals surface area (Å²) in [5.74, 6) is 0.123. The Labute approximate surface area is 105 Å². The van der Waals surface area contributed by atoms with Crippen LogP contribution in [0.2, 0.25) is 0 Å². The number of nitrogens with zero attached hydrogens (tertiary/aromatic N) is 1. The SMILES string of the molecule is CSCC[C@H](N=C1C=C(N)OC1(C)C)C(=O)O. The van der Waals surface area contributed by atoms with Crippen LogP contribution in [-0.4, -0.2) is 40.4 Å². The summed E-state index contributed by atoms with van der Waals surface area (Å²) >= 11 is 1.60. The molecule has 0 amide bonds. The first-order valence-electron chi connectivity index (χ1n) is 5.33. The molecule has 0 saturated carbocycles. The summed E-state index contributed by atoms with van der Waals surface area (Å²) in [5, 5.41) is 9.09. The van der Waals surface area contributed by atoms with Crippen molar-refractivity contribution in [3.63, 3.8) is 0 Å². The fourth-order valence-corrected chi connectivity index (χ4v) is 1.98. The molecular formula is C11H18N2O3S. The number of aliphatic carboxylic acids is 1. The number of aliphatic imine (C=N–C) groups is 1. The van der Waals surface area contributed by atoms with Crippen molar-refractivity contribution in [2.75, 3.05) is 12.0 Å². The number of thioether (sulfide) groups is 1. The average Bonchev–Trinajstić information content (AvgIpc) is 2.45. The molecule has 1 heterocycles. The van der Waals surface area contributed by atoms with Gasteiger partial charge in [-0.3, -0.25) is 4.99 Å². The monoisotopic (exact) mass is 258 g/mol. The van der Waals surface area contributed by atoms with E-state index in [0.717, 1.165) is 5.75 Å². The van der Waals surface area contributed by atoms with Crippen molar-refractivity contribution in [2.45, 2.75) is 31.9 Å². The molecule has 0 aromatic carbocycles. The summed E-state index contributed by atoms with van der Waals surface area (Å²) in [6.45, 7) is 3.63. The van der Waals surface area contributed by atoms with Crippen molar-refractivity contribution in [1.29, 1.82) is 0 Å². The molecule has 96 valence electrons. The molecule has 3 N–H and O–H groups in total. The zero-order chi connectivity index (χ0) is 13.1. The van der Waals surface area contributed by atoms with Gasteiger partial charge in [-0.15, -0.1) is 0 Å². The Morgan fingerprint density at radius 1 is 1.71 bits per heavy atom. The minimum atomic E-state index is -0.916. The van der Waals surface area contributed by atoms with E-state index < -0.39 is 17.6 Å². The van der Waals surface area contributed by atoms with Gasteiger partial charge in [-0.05, 0) is 32.3 Å². The number of carboxylic acid groups (broad SMARTS) is 1. The van der Waals surface area contributed by atoms with Gasteiger partial charge in [0.2, 0.25) is 0 Å². The predicted molar refractivity (Wildman–Crippen MR) is 69.3 cm³/mol. The van der Waals surface area contributed by atoms with E-state index in [9.17, 15) is 4.79 Å². The largest absolute Gasteiger partial charge is 0.480 e. The minimum absolute atomic E-state index is 0.280. The maximum atomic E-state index is 11.1. The lowest BCUT2D eigenvalue weighted by Crippen LogP contribution is -2.31. The third-order valence-corrected chi connectivity index (χ3v) is 3.09. The van der Waals surface area contributed by atoms with Gasteiger partial charge in [0.05, 0.1) is 5.71 Å². The van der Waals surface area contributed by atoms with Crippen LogP contribution in [-0.2, 0) is 9.53 Å². The number of carbonyl (C=O) groups is 1. The zero-order valence-corrected chi connectivity index (χ0v) is 11.1. The van der Waals surface area contributed by atoms with Crippen LogP contribution in [0, 0.1) is 0 Å². The third-order valence-electron chi connectivity index (χ3n) is 2.44. The quantitative estimate of drug-likeness (QED) is 0.775. The van der Waals surface area contributed by atoms with Gasteiger partial charge in [0, 0.05) is 6.08 Å². The van der Waals surface area contributed by atoms with Gasteiger partial charge in [0.1, 0.15) is 11.6 Å². The molecule has 0 unspecified atom stereocenters. The molecule has 0 aromatic rings. The molecule has 0 spiro atoms. The number of rotatable bonds is 5. The molecule has 1 atom stereocenters. The summed E-state index contributed by atoms with van der Waals surface area (Å²) in [7, 11) is 0. The molecule has 0 aromatic heterocycles. The van der Waals surface area contributed by atoms with Gasteiger partial charge in [-0.25, -0.2) is 4.79 Å². The van der Waals surface area contributed by atoms with Crippen LogP contribution in [0.25, 0.3) is 0 Å². The lowest BCUT2D eigenvalue weighted by atomic mass is 10.0. The number of ether oxygens (including phenoxy) is 1. The van der Waals surface area contributed by atoms with Crippen molar-refractivity contribution in [3.8, 4) is 0 Å². The number of carboxylic acids is 1. The standard InChI is InChI=1S/C11H18N2O3S/c1-11(2)8(6-9(12)16-11)13-7(10(14)15)4-5-17-3/h6-7H,4-5,12H2,1-3H3,(H,14,15)/t7-/m0/s1. The van der Waals surface area contributed by atoms with E-state index in [-0.39, 0.29) is 5.88 Å². The third kappa shape index (κ3) is 3.66. The van der Waals surface area contributed by atoms with Crippen molar-refractivity contribution in [1.82, 2.24) is 0 Å². The van der Waals surface area contributed by atoms with Crippen LogP contribution in [0.4, 0.5) is 0 Å². The van der Waals surface area contributed by atoms with E-state index >= 15 is 0 Å². The van der Waals surface area contributed by atoms with Crippen LogP contribution in [0.15, 0.2) is 17.0 Å². The lowest BCUT2D eigenvalue weighted by Gasteiger charge is -2.20.